The second-order valence-corrected chi connectivity index (χ2v) is 4.48. The first-order valence-corrected chi connectivity index (χ1v) is 5.76. The molecule has 0 amide bonds. The zero-order valence-electron chi connectivity index (χ0n) is 8.89. The molecule has 3 aromatic heterocycles. The van der Waals surface area contributed by atoms with Gasteiger partial charge in [-0.15, -0.1) is 11.3 Å². The van der Waals surface area contributed by atoms with Gasteiger partial charge in [0.2, 0.25) is 0 Å². The van der Waals surface area contributed by atoms with Crippen molar-refractivity contribution in [3.8, 4) is 11.1 Å². The van der Waals surface area contributed by atoms with E-state index in [0.29, 0.717) is 0 Å². The summed E-state index contributed by atoms with van der Waals surface area (Å²) in [7, 11) is 0. The smallest absolute Gasteiger partial charge is 0.170 e. The van der Waals surface area contributed by atoms with Gasteiger partial charge in [0, 0.05) is 17.3 Å². The third kappa shape index (κ3) is 1.32. The van der Waals surface area contributed by atoms with Crippen LogP contribution < -0.4 is 0 Å². The van der Waals surface area contributed by atoms with Crippen molar-refractivity contribution in [1.82, 2.24) is 15.1 Å². The SMILES string of the molecule is Cc1noc(C)c1-c1cnc2ncsc2c1. The van der Waals surface area contributed by atoms with Crippen LogP contribution in [0.2, 0.25) is 0 Å². The number of thiazole rings is 1. The molecule has 0 bridgehead atoms. The van der Waals surface area contributed by atoms with E-state index in [-0.39, 0.29) is 0 Å². The second kappa shape index (κ2) is 3.38. The molecular formula is C11H9N3OS. The van der Waals surface area contributed by atoms with Crippen LogP contribution in [0, 0.1) is 13.8 Å². The minimum absolute atomic E-state index is 0.792. The molecule has 3 heterocycles. The highest BCUT2D eigenvalue weighted by atomic mass is 32.1. The van der Waals surface area contributed by atoms with Crippen molar-refractivity contribution in [3.63, 3.8) is 0 Å². The monoisotopic (exact) mass is 231 g/mol. The maximum Gasteiger partial charge on any atom is 0.170 e. The molecule has 0 saturated heterocycles. The summed E-state index contributed by atoms with van der Waals surface area (Å²) >= 11 is 1.59. The molecule has 0 aliphatic heterocycles. The molecule has 4 nitrogen and oxygen atoms in total. The van der Waals surface area contributed by atoms with Crippen LogP contribution in [0.4, 0.5) is 0 Å². The van der Waals surface area contributed by atoms with Crippen molar-refractivity contribution in [2.24, 2.45) is 0 Å². The van der Waals surface area contributed by atoms with E-state index in [0.717, 1.165) is 32.9 Å². The minimum atomic E-state index is 0.792. The molecule has 0 aromatic carbocycles. The molecule has 16 heavy (non-hydrogen) atoms. The van der Waals surface area contributed by atoms with Gasteiger partial charge in [0.25, 0.3) is 0 Å². The maximum atomic E-state index is 5.15. The Hall–Kier alpha value is -1.75. The van der Waals surface area contributed by atoms with Gasteiger partial charge in [0.15, 0.2) is 5.65 Å². The van der Waals surface area contributed by atoms with E-state index >= 15 is 0 Å². The number of rotatable bonds is 1. The number of fused-ring (bicyclic) bond motifs is 1. The fourth-order valence-corrected chi connectivity index (χ4v) is 2.46. The summed E-state index contributed by atoms with van der Waals surface area (Å²) in [5, 5.41) is 3.95. The van der Waals surface area contributed by atoms with Gasteiger partial charge in [-0.1, -0.05) is 5.16 Å². The van der Waals surface area contributed by atoms with Crippen molar-refractivity contribution >= 4 is 21.7 Å². The van der Waals surface area contributed by atoms with Crippen molar-refractivity contribution in [3.05, 3.63) is 29.2 Å². The van der Waals surface area contributed by atoms with Crippen molar-refractivity contribution < 1.29 is 4.52 Å². The van der Waals surface area contributed by atoms with E-state index in [1.807, 2.05) is 20.0 Å². The average Bonchev–Trinajstić information content (AvgIpc) is 2.85. The lowest BCUT2D eigenvalue weighted by atomic mass is 10.1. The highest BCUT2D eigenvalue weighted by molar-refractivity contribution is 7.16. The van der Waals surface area contributed by atoms with Crippen LogP contribution in [0.3, 0.4) is 0 Å². The Kier molecular flexibility index (Phi) is 2.00. The van der Waals surface area contributed by atoms with E-state index in [2.05, 4.69) is 21.2 Å². The Labute approximate surface area is 95.9 Å². The third-order valence-corrected chi connectivity index (χ3v) is 3.27. The van der Waals surface area contributed by atoms with Gasteiger partial charge >= 0.3 is 0 Å². The molecule has 0 spiro atoms. The molecule has 0 N–H and O–H groups in total. The lowest BCUT2D eigenvalue weighted by molar-refractivity contribution is 0.393. The summed E-state index contributed by atoms with van der Waals surface area (Å²) in [4.78, 5) is 8.46. The number of nitrogens with zero attached hydrogens (tertiary/aromatic N) is 3. The number of aromatic nitrogens is 3. The van der Waals surface area contributed by atoms with Crippen LogP contribution in [0.15, 0.2) is 22.3 Å². The van der Waals surface area contributed by atoms with Gasteiger partial charge in [-0.2, -0.15) is 0 Å². The summed E-state index contributed by atoms with van der Waals surface area (Å²) in [5.41, 5.74) is 5.55. The summed E-state index contributed by atoms with van der Waals surface area (Å²) < 4.78 is 6.23. The van der Waals surface area contributed by atoms with Crippen LogP contribution in [0.1, 0.15) is 11.5 Å². The summed E-state index contributed by atoms with van der Waals surface area (Å²) in [5.74, 6) is 0.822. The van der Waals surface area contributed by atoms with Gasteiger partial charge in [-0.25, -0.2) is 9.97 Å². The minimum Gasteiger partial charge on any atom is -0.361 e. The van der Waals surface area contributed by atoms with Gasteiger partial charge in [-0.3, -0.25) is 0 Å². The van der Waals surface area contributed by atoms with E-state index < -0.39 is 0 Å². The maximum absolute atomic E-state index is 5.15. The fraction of sp³-hybridized carbons (Fsp3) is 0.182. The first kappa shape index (κ1) is 9.47. The van der Waals surface area contributed by atoms with Gasteiger partial charge in [0.05, 0.1) is 15.9 Å². The predicted molar refractivity (Wildman–Crippen MR) is 62.4 cm³/mol. The average molecular weight is 231 g/mol. The van der Waals surface area contributed by atoms with Gasteiger partial charge in [-0.05, 0) is 19.9 Å². The predicted octanol–water partition coefficient (Wildman–Crippen LogP) is 2.96. The fourth-order valence-electron chi connectivity index (χ4n) is 1.79. The number of hydrogen-bond acceptors (Lipinski definition) is 5. The molecule has 0 radical (unpaired) electrons. The zero-order valence-corrected chi connectivity index (χ0v) is 9.71. The number of hydrogen-bond donors (Lipinski definition) is 0. The van der Waals surface area contributed by atoms with E-state index in [1.54, 1.807) is 16.8 Å². The van der Waals surface area contributed by atoms with E-state index in [4.69, 9.17) is 4.52 Å². The molecule has 3 rings (SSSR count). The molecule has 0 unspecified atom stereocenters. The summed E-state index contributed by atoms with van der Waals surface area (Å²) in [6.07, 6.45) is 1.81. The van der Waals surface area contributed by atoms with Crippen LogP contribution in [-0.4, -0.2) is 15.1 Å². The second-order valence-electron chi connectivity index (χ2n) is 3.60. The Bertz CT molecular complexity index is 637. The van der Waals surface area contributed by atoms with Crippen molar-refractivity contribution in [2.45, 2.75) is 13.8 Å². The van der Waals surface area contributed by atoms with Crippen LogP contribution in [0.5, 0.6) is 0 Å². The number of aryl methyl sites for hydroxylation is 2. The highest BCUT2D eigenvalue weighted by Gasteiger charge is 2.12. The molecule has 80 valence electrons. The summed E-state index contributed by atoms with van der Waals surface area (Å²) in [6, 6.07) is 2.08. The molecule has 0 saturated carbocycles. The Morgan fingerprint density at radius 1 is 1.25 bits per heavy atom. The van der Waals surface area contributed by atoms with E-state index in [9.17, 15) is 0 Å². The first-order chi connectivity index (χ1) is 7.75. The lowest BCUT2D eigenvalue weighted by Crippen LogP contribution is -1.84. The quantitative estimate of drug-likeness (QED) is 0.646. The van der Waals surface area contributed by atoms with E-state index in [1.165, 1.54) is 0 Å². The van der Waals surface area contributed by atoms with Crippen LogP contribution >= 0.6 is 11.3 Å². The van der Waals surface area contributed by atoms with Crippen LogP contribution in [0.25, 0.3) is 21.5 Å². The number of pyridine rings is 1. The topological polar surface area (TPSA) is 51.8 Å². The zero-order chi connectivity index (χ0) is 11.1. The molecule has 0 fully saturated rings. The standard InChI is InChI=1S/C11H9N3OS/c1-6-10(7(2)15-14-6)8-3-9-11(12-4-8)13-5-16-9/h3-5H,1-2H3. The van der Waals surface area contributed by atoms with Crippen molar-refractivity contribution in [2.75, 3.05) is 0 Å². The van der Waals surface area contributed by atoms with Crippen LogP contribution in [-0.2, 0) is 0 Å². The molecule has 0 aliphatic rings. The molecule has 5 heteroatoms. The lowest BCUT2D eigenvalue weighted by Gasteiger charge is -1.98. The van der Waals surface area contributed by atoms with Crippen molar-refractivity contribution in [1.29, 1.82) is 0 Å². The highest BCUT2D eigenvalue weighted by Crippen LogP contribution is 2.29. The Balaban J connectivity index is 2.25. The largest absolute Gasteiger partial charge is 0.361 e. The molecule has 0 aliphatic carbocycles. The van der Waals surface area contributed by atoms with Gasteiger partial charge < -0.3 is 4.52 Å². The molecule has 3 aromatic rings. The Morgan fingerprint density at radius 3 is 2.88 bits per heavy atom. The summed E-state index contributed by atoms with van der Waals surface area (Å²) in [6.45, 7) is 3.84. The third-order valence-electron chi connectivity index (χ3n) is 2.51. The first-order valence-electron chi connectivity index (χ1n) is 4.88. The van der Waals surface area contributed by atoms with Gasteiger partial charge in [0.1, 0.15) is 5.76 Å². The Morgan fingerprint density at radius 2 is 2.12 bits per heavy atom. The molecular weight excluding hydrogens is 222 g/mol. The molecule has 0 atom stereocenters. The normalized spacial score (nSPS) is 11.1.